The number of fused-ring (bicyclic) bond motifs is 1. The van der Waals surface area contributed by atoms with Crippen molar-refractivity contribution in [1.29, 1.82) is 0 Å². The standard InChI is InChI=1S/C15H13N3O2/c1-10-17-13-5-4-12(15(19)20)7-14(13)18(10)9-11-3-2-6-16-8-11/h2-8H,9H2,1H3,(H,19,20). The minimum atomic E-state index is -0.932. The zero-order valence-corrected chi connectivity index (χ0v) is 10.9. The van der Waals surface area contributed by atoms with E-state index in [9.17, 15) is 4.79 Å². The van der Waals surface area contributed by atoms with Gasteiger partial charge < -0.3 is 9.67 Å². The van der Waals surface area contributed by atoms with E-state index in [4.69, 9.17) is 5.11 Å². The van der Waals surface area contributed by atoms with Crippen molar-refractivity contribution in [1.82, 2.24) is 14.5 Å². The summed E-state index contributed by atoms with van der Waals surface area (Å²) in [4.78, 5) is 19.6. The third kappa shape index (κ3) is 2.14. The molecule has 0 aliphatic carbocycles. The molecule has 0 aliphatic rings. The zero-order valence-electron chi connectivity index (χ0n) is 10.9. The Morgan fingerprint density at radius 3 is 2.90 bits per heavy atom. The number of benzene rings is 1. The Bertz CT molecular complexity index is 778. The molecule has 0 radical (unpaired) electrons. The third-order valence-corrected chi connectivity index (χ3v) is 3.25. The second kappa shape index (κ2) is 4.77. The SMILES string of the molecule is Cc1nc2ccc(C(=O)O)cc2n1Cc1cccnc1. The van der Waals surface area contributed by atoms with Crippen LogP contribution in [0.3, 0.4) is 0 Å². The fraction of sp³-hybridized carbons (Fsp3) is 0.133. The van der Waals surface area contributed by atoms with E-state index >= 15 is 0 Å². The van der Waals surface area contributed by atoms with Crippen LogP contribution < -0.4 is 0 Å². The van der Waals surface area contributed by atoms with E-state index in [1.807, 2.05) is 23.6 Å². The number of carboxylic acids is 1. The first kappa shape index (κ1) is 12.3. The minimum Gasteiger partial charge on any atom is -0.478 e. The lowest BCUT2D eigenvalue weighted by Gasteiger charge is -2.07. The van der Waals surface area contributed by atoms with Crippen molar-refractivity contribution in [3.63, 3.8) is 0 Å². The highest BCUT2D eigenvalue weighted by Gasteiger charge is 2.11. The summed E-state index contributed by atoms with van der Waals surface area (Å²) >= 11 is 0. The molecular weight excluding hydrogens is 254 g/mol. The molecule has 1 aromatic carbocycles. The Morgan fingerprint density at radius 1 is 1.35 bits per heavy atom. The van der Waals surface area contributed by atoms with Crippen LogP contribution in [-0.4, -0.2) is 25.6 Å². The maximum Gasteiger partial charge on any atom is 0.335 e. The molecule has 20 heavy (non-hydrogen) atoms. The molecule has 3 rings (SSSR count). The molecule has 0 saturated heterocycles. The van der Waals surface area contributed by atoms with Gasteiger partial charge in [0, 0.05) is 12.4 Å². The molecule has 0 spiro atoms. The van der Waals surface area contributed by atoms with Gasteiger partial charge >= 0.3 is 5.97 Å². The van der Waals surface area contributed by atoms with Crippen molar-refractivity contribution < 1.29 is 9.90 Å². The van der Waals surface area contributed by atoms with E-state index in [-0.39, 0.29) is 5.56 Å². The summed E-state index contributed by atoms with van der Waals surface area (Å²) in [6.07, 6.45) is 3.53. The largest absolute Gasteiger partial charge is 0.478 e. The average Bonchev–Trinajstić information content (AvgIpc) is 2.75. The number of hydrogen-bond donors (Lipinski definition) is 1. The van der Waals surface area contributed by atoms with E-state index in [0.717, 1.165) is 22.4 Å². The maximum absolute atomic E-state index is 11.1. The van der Waals surface area contributed by atoms with Gasteiger partial charge in [-0.1, -0.05) is 6.07 Å². The van der Waals surface area contributed by atoms with Gasteiger partial charge in [0.15, 0.2) is 0 Å². The van der Waals surface area contributed by atoms with Crippen LogP contribution in [0.25, 0.3) is 11.0 Å². The van der Waals surface area contributed by atoms with Gasteiger partial charge in [-0.2, -0.15) is 0 Å². The third-order valence-electron chi connectivity index (χ3n) is 3.25. The number of carbonyl (C=O) groups is 1. The van der Waals surface area contributed by atoms with E-state index < -0.39 is 5.97 Å². The smallest absolute Gasteiger partial charge is 0.335 e. The molecule has 0 saturated carbocycles. The Morgan fingerprint density at radius 2 is 2.20 bits per heavy atom. The van der Waals surface area contributed by atoms with Gasteiger partial charge in [-0.25, -0.2) is 9.78 Å². The first-order valence-electron chi connectivity index (χ1n) is 6.24. The maximum atomic E-state index is 11.1. The Labute approximate surface area is 115 Å². The number of pyridine rings is 1. The van der Waals surface area contributed by atoms with Crippen LogP contribution in [-0.2, 0) is 6.54 Å². The normalized spacial score (nSPS) is 10.8. The molecule has 2 heterocycles. The molecule has 3 aromatic rings. The van der Waals surface area contributed by atoms with Crippen molar-refractivity contribution in [2.24, 2.45) is 0 Å². The predicted octanol–water partition coefficient (Wildman–Crippen LogP) is 2.49. The molecule has 100 valence electrons. The summed E-state index contributed by atoms with van der Waals surface area (Å²) in [5.74, 6) is -0.0786. The first-order chi connectivity index (χ1) is 9.65. The van der Waals surface area contributed by atoms with Crippen LogP contribution in [0.2, 0.25) is 0 Å². The lowest BCUT2D eigenvalue weighted by atomic mass is 10.2. The lowest BCUT2D eigenvalue weighted by molar-refractivity contribution is 0.0697. The lowest BCUT2D eigenvalue weighted by Crippen LogP contribution is -2.03. The Kier molecular flexibility index (Phi) is 2.95. The number of hydrogen-bond acceptors (Lipinski definition) is 3. The first-order valence-corrected chi connectivity index (χ1v) is 6.24. The highest BCUT2D eigenvalue weighted by molar-refractivity contribution is 5.92. The fourth-order valence-electron chi connectivity index (χ4n) is 2.25. The quantitative estimate of drug-likeness (QED) is 0.791. The van der Waals surface area contributed by atoms with Crippen LogP contribution in [0.5, 0.6) is 0 Å². The van der Waals surface area contributed by atoms with Crippen molar-refractivity contribution in [3.8, 4) is 0 Å². The van der Waals surface area contributed by atoms with Gasteiger partial charge in [-0.3, -0.25) is 4.98 Å². The summed E-state index contributed by atoms with van der Waals surface area (Å²) in [6, 6.07) is 8.84. The van der Waals surface area contributed by atoms with E-state index in [2.05, 4.69) is 9.97 Å². The summed E-state index contributed by atoms with van der Waals surface area (Å²) in [7, 11) is 0. The van der Waals surface area contributed by atoms with Crippen molar-refractivity contribution >= 4 is 17.0 Å². The molecule has 0 bridgehead atoms. The van der Waals surface area contributed by atoms with Gasteiger partial charge in [0.25, 0.3) is 0 Å². The molecule has 0 aliphatic heterocycles. The molecule has 1 N–H and O–H groups in total. The van der Waals surface area contributed by atoms with Gasteiger partial charge in [0.05, 0.1) is 23.1 Å². The average molecular weight is 267 g/mol. The van der Waals surface area contributed by atoms with Crippen molar-refractivity contribution in [2.75, 3.05) is 0 Å². The monoisotopic (exact) mass is 267 g/mol. The molecule has 0 fully saturated rings. The van der Waals surface area contributed by atoms with Crippen LogP contribution in [0, 0.1) is 6.92 Å². The number of imidazole rings is 1. The highest BCUT2D eigenvalue weighted by Crippen LogP contribution is 2.19. The summed E-state index contributed by atoms with van der Waals surface area (Å²) in [5.41, 5.74) is 2.95. The summed E-state index contributed by atoms with van der Waals surface area (Å²) < 4.78 is 2.00. The molecule has 5 heteroatoms. The number of aromatic nitrogens is 3. The second-order valence-corrected chi connectivity index (χ2v) is 4.62. The molecule has 0 amide bonds. The van der Waals surface area contributed by atoms with Crippen LogP contribution >= 0.6 is 0 Å². The minimum absolute atomic E-state index is 0.268. The molecule has 2 aromatic heterocycles. The molecule has 0 unspecified atom stereocenters. The van der Waals surface area contributed by atoms with Crippen LogP contribution in [0.1, 0.15) is 21.7 Å². The van der Waals surface area contributed by atoms with Crippen molar-refractivity contribution in [3.05, 3.63) is 59.7 Å². The van der Waals surface area contributed by atoms with Gasteiger partial charge in [0.2, 0.25) is 0 Å². The topological polar surface area (TPSA) is 68.0 Å². The summed E-state index contributed by atoms with van der Waals surface area (Å²) in [5, 5.41) is 9.09. The fourth-order valence-corrected chi connectivity index (χ4v) is 2.25. The van der Waals surface area contributed by atoms with Gasteiger partial charge in [-0.05, 0) is 36.8 Å². The number of carboxylic acid groups (broad SMARTS) is 1. The van der Waals surface area contributed by atoms with E-state index in [1.54, 1.807) is 30.6 Å². The van der Waals surface area contributed by atoms with Gasteiger partial charge in [0.1, 0.15) is 5.82 Å². The Hall–Kier alpha value is -2.69. The van der Waals surface area contributed by atoms with E-state index in [1.165, 1.54) is 0 Å². The molecule has 0 atom stereocenters. The van der Waals surface area contributed by atoms with Gasteiger partial charge in [-0.15, -0.1) is 0 Å². The molecular formula is C15H13N3O2. The number of aryl methyl sites for hydroxylation is 1. The predicted molar refractivity (Wildman–Crippen MR) is 74.8 cm³/mol. The number of nitrogens with zero attached hydrogens (tertiary/aromatic N) is 3. The second-order valence-electron chi connectivity index (χ2n) is 4.62. The highest BCUT2D eigenvalue weighted by atomic mass is 16.4. The zero-order chi connectivity index (χ0) is 14.1. The van der Waals surface area contributed by atoms with Crippen LogP contribution in [0.4, 0.5) is 0 Å². The molecule has 5 nitrogen and oxygen atoms in total. The van der Waals surface area contributed by atoms with E-state index in [0.29, 0.717) is 6.54 Å². The summed E-state index contributed by atoms with van der Waals surface area (Å²) in [6.45, 7) is 2.54. The number of aromatic carboxylic acids is 1. The number of rotatable bonds is 3. The van der Waals surface area contributed by atoms with Crippen LogP contribution in [0.15, 0.2) is 42.7 Å². The Balaban J connectivity index is 2.11. The van der Waals surface area contributed by atoms with Crippen molar-refractivity contribution in [2.45, 2.75) is 13.5 Å².